The molecule has 0 bridgehead atoms. The predicted molar refractivity (Wildman–Crippen MR) is 156 cm³/mol. The van der Waals surface area contributed by atoms with Gasteiger partial charge in [0.25, 0.3) is 5.91 Å². The molecule has 2 aliphatic heterocycles. The lowest BCUT2D eigenvalue weighted by Crippen LogP contribution is -2.55. The number of rotatable bonds is 6. The zero-order valence-electron chi connectivity index (χ0n) is 20.7. The van der Waals surface area contributed by atoms with Crippen LogP contribution < -0.4 is 15.4 Å². The van der Waals surface area contributed by atoms with Crippen LogP contribution in [0.5, 0.6) is 5.75 Å². The maximum atomic E-state index is 14.5. The summed E-state index contributed by atoms with van der Waals surface area (Å²) in [5.41, 5.74) is 1.08. The van der Waals surface area contributed by atoms with Gasteiger partial charge in [-0.25, -0.2) is 4.99 Å². The second kappa shape index (κ2) is 12.1. The fourth-order valence-electron chi connectivity index (χ4n) is 4.94. The summed E-state index contributed by atoms with van der Waals surface area (Å²) in [4.78, 5) is 21.6. The van der Waals surface area contributed by atoms with Crippen LogP contribution in [-0.4, -0.2) is 49.4 Å². The van der Waals surface area contributed by atoms with Crippen molar-refractivity contribution in [3.05, 3.63) is 98.5 Å². The molecule has 1 saturated heterocycles. The number of aliphatic imine (C=N–C) groups is 1. The van der Waals surface area contributed by atoms with Gasteiger partial charge in [-0.2, -0.15) is 0 Å². The highest BCUT2D eigenvalue weighted by Gasteiger charge is 2.54. The number of nitrogens with one attached hydrogen (secondary N) is 2. The number of carbonyl (C=O) groups excluding carboxylic acids is 1. The van der Waals surface area contributed by atoms with E-state index in [-0.39, 0.29) is 18.3 Å². The quantitative estimate of drug-likeness (QED) is 0.374. The smallest absolute Gasteiger partial charge is 0.257 e. The Bertz CT molecular complexity index is 1310. The van der Waals surface area contributed by atoms with Gasteiger partial charge in [-0.1, -0.05) is 59.1 Å². The number of amidine groups is 1. The van der Waals surface area contributed by atoms with E-state index in [4.69, 9.17) is 44.5 Å². The van der Waals surface area contributed by atoms with Crippen LogP contribution in [0.3, 0.4) is 0 Å². The first-order valence-corrected chi connectivity index (χ1v) is 13.4. The lowest BCUT2D eigenvalue weighted by atomic mass is 9.79. The molecule has 5 rings (SSSR count). The average molecular weight is 594 g/mol. The van der Waals surface area contributed by atoms with Crippen LogP contribution in [0.15, 0.2) is 71.7 Å². The predicted octanol–water partition coefficient (Wildman–Crippen LogP) is 5.89. The molecule has 2 heterocycles. The number of halogens is 4. The van der Waals surface area contributed by atoms with E-state index >= 15 is 0 Å². The normalized spacial score (nSPS) is 20.8. The molecule has 1 fully saturated rings. The number of piperazine rings is 1. The summed E-state index contributed by atoms with van der Waals surface area (Å²) in [6.07, 6.45) is 0. The summed E-state index contributed by atoms with van der Waals surface area (Å²) in [6, 6.07) is 19.8. The third kappa shape index (κ3) is 5.47. The SMILES string of the molecule is CCOc1cc(Cl)ccc1C1=NC(C(=O)N2CCNCC2)(c2ccc(Cl)cc2)C(c2ccc(Cl)cc2)N1.Cl. The molecule has 2 unspecified atom stereocenters. The number of benzene rings is 3. The molecule has 2 aliphatic rings. The molecule has 3 aromatic rings. The molecule has 200 valence electrons. The fourth-order valence-corrected chi connectivity index (χ4v) is 5.35. The molecule has 0 aliphatic carbocycles. The van der Waals surface area contributed by atoms with Crippen molar-refractivity contribution in [3.63, 3.8) is 0 Å². The molecule has 38 heavy (non-hydrogen) atoms. The van der Waals surface area contributed by atoms with Crippen molar-refractivity contribution in [2.45, 2.75) is 18.5 Å². The van der Waals surface area contributed by atoms with Gasteiger partial charge in [0.2, 0.25) is 0 Å². The third-order valence-corrected chi connectivity index (χ3v) is 7.44. The number of nitrogens with zero attached hydrogens (tertiary/aromatic N) is 2. The first-order chi connectivity index (χ1) is 17.9. The van der Waals surface area contributed by atoms with E-state index in [1.807, 2.05) is 54.3 Å². The second-order valence-electron chi connectivity index (χ2n) is 8.98. The third-order valence-electron chi connectivity index (χ3n) is 6.70. The van der Waals surface area contributed by atoms with Crippen LogP contribution in [0, 0.1) is 0 Å². The van der Waals surface area contributed by atoms with E-state index in [1.165, 1.54) is 0 Å². The van der Waals surface area contributed by atoms with Gasteiger partial charge in [-0.3, -0.25) is 4.79 Å². The molecule has 10 heteroatoms. The van der Waals surface area contributed by atoms with E-state index in [0.29, 0.717) is 46.3 Å². The Kier molecular flexibility index (Phi) is 9.11. The molecule has 1 amide bonds. The Morgan fingerprint density at radius 1 is 0.974 bits per heavy atom. The van der Waals surface area contributed by atoms with Crippen molar-refractivity contribution in [1.29, 1.82) is 0 Å². The number of carbonyl (C=O) groups is 1. The standard InChI is InChI=1S/C28H27Cl3N4O2.ClH/c1-2-37-24-17-22(31)11-12-23(24)26-33-25(18-3-7-20(29)8-4-18)28(34-26,19-5-9-21(30)10-6-19)27(36)35-15-13-32-14-16-35;/h3-12,17,25,32H,2,13-16H2,1H3,(H,33,34);1H. The maximum Gasteiger partial charge on any atom is 0.257 e. The van der Waals surface area contributed by atoms with Gasteiger partial charge in [0.15, 0.2) is 5.54 Å². The monoisotopic (exact) mass is 592 g/mol. The summed E-state index contributed by atoms with van der Waals surface area (Å²) >= 11 is 18.8. The Hall–Kier alpha value is -2.48. The van der Waals surface area contributed by atoms with E-state index in [1.54, 1.807) is 24.3 Å². The zero-order chi connectivity index (χ0) is 26.0. The van der Waals surface area contributed by atoms with Crippen LogP contribution in [0.4, 0.5) is 0 Å². The summed E-state index contributed by atoms with van der Waals surface area (Å²) < 4.78 is 5.91. The van der Waals surface area contributed by atoms with Crippen molar-refractivity contribution in [2.75, 3.05) is 32.8 Å². The molecule has 0 spiro atoms. The van der Waals surface area contributed by atoms with Crippen molar-refractivity contribution >= 4 is 59.0 Å². The number of ether oxygens (including phenoxy) is 1. The van der Waals surface area contributed by atoms with Gasteiger partial charge in [0, 0.05) is 41.2 Å². The molecule has 6 nitrogen and oxygen atoms in total. The first-order valence-electron chi connectivity index (χ1n) is 12.2. The topological polar surface area (TPSA) is 66.0 Å². The van der Waals surface area contributed by atoms with Crippen LogP contribution in [0.25, 0.3) is 0 Å². The average Bonchev–Trinajstić information content (AvgIpc) is 3.31. The Labute approximate surface area is 243 Å². The van der Waals surface area contributed by atoms with Crippen LogP contribution in [0.2, 0.25) is 15.1 Å². The van der Waals surface area contributed by atoms with E-state index in [9.17, 15) is 4.79 Å². The number of hydrogen-bond acceptors (Lipinski definition) is 5. The van der Waals surface area contributed by atoms with E-state index in [0.717, 1.165) is 29.8 Å². The summed E-state index contributed by atoms with van der Waals surface area (Å²) in [7, 11) is 0. The largest absolute Gasteiger partial charge is 0.493 e. The van der Waals surface area contributed by atoms with E-state index < -0.39 is 11.6 Å². The van der Waals surface area contributed by atoms with Crippen LogP contribution >= 0.6 is 47.2 Å². The van der Waals surface area contributed by atoms with Gasteiger partial charge in [0.1, 0.15) is 11.6 Å². The van der Waals surface area contributed by atoms with Gasteiger partial charge < -0.3 is 20.3 Å². The maximum absolute atomic E-state index is 14.5. The highest BCUT2D eigenvalue weighted by Crippen LogP contribution is 2.46. The minimum absolute atomic E-state index is 0. The summed E-state index contributed by atoms with van der Waals surface area (Å²) in [5, 5.41) is 8.66. The molecular weight excluding hydrogens is 566 g/mol. The Morgan fingerprint density at radius 3 is 2.21 bits per heavy atom. The van der Waals surface area contributed by atoms with Gasteiger partial charge >= 0.3 is 0 Å². The van der Waals surface area contributed by atoms with Crippen molar-refractivity contribution in [1.82, 2.24) is 15.5 Å². The van der Waals surface area contributed by atoms with E-state index in [2.05, 4.69) is 10.6 Å². The van der Waals surface area contributed by atoms with Gasteiger partial charge in [0.05, 0.1) is 18.2 Å². The minimum atomic E-state index is -1.28. The van der Waals surface area contributed by atoms with Crippen molar-refractivity contribution in [3.8, 4) is 5.75 Å². The minimum Gasteiger partial charge on any atom is -0.493 e. The first kappa shape index (κ1) is 28.5. The molecule has 3 aromatic carbocycles. The fraction of sp³-hybridized carbons (Fsp3) is 0.286. The molecule has 0 radical (unpaired) electrons. The molecule has 2 N–H and O–H groups in total. The molecule has 0 aromatic heterocycles. The summed E-state index contributed by atoms with van der Waals surface area (Å²) in [6.45, 7) is 5.02. The molecular formula is C28H28Cl4N4O2. The number of amides is 1. The highest BCUT2D eigenvalue weighted by atomic mass is 35.5. The van der Waals surface area contributed by atoms with Gasteiger partial charge in [-0.05, 0) is 60.5 Å². The van der Waals surface area contributed by atoms with Gasteiger partial charge in [-0.15, -0.1) is 12.4 Å². The lowest BCUT2D eigenvalue weighted by Gasteiger charge is -2.38. The van der Waals surface area contributed by atoms with Crippen molar-refractivity contribution < 1.29 is 9.53 Å². The Morgan fingerprint density at radius 2 is 1.58 bits per heavy atom. The molecule has 2 atom stereocenters. The summed E-state index contributed by atoms with van der Waals surface area (Å²) in [5.74, 6) is 1.07. The zero-order valence-corrected chi connectivity index (χ0v) is 23.8. The van der Waals surface area contributed by atoms with Crippen molar-refractivity contribution in [2.24, 2.45) is 4.99 Å². The van der Waals surface area contributed by atoms with Crippen LogP contribution in [-0.2, 0) is 10.3 Å². The lowest BCUT2D eigenvalue weighted by molar-refractivity contribution is -0.138. The Balaban J connectivity index is 0.00000336. The second-order valence-corrected chi connectivity index (χ2v) is 10.3. The molecule has 0 saturated carbocycles. The number of hydrogen-bond donors (Lipinski definition) is 2. The van der Waals surface area contributed by atoms with Crippen LogP contribution in [0.1, 0.15) is 29.7 Å². The highest BCUT2D eigenvalue weighted by molar-refractivity contribution is 6.31.